The van der Waals surface area contributed by atoms with Crippen LogP contribution in [0.3, 0.4) is 0 Å². The number of hydrogen-bond acceptors (Lipinski definition) is 2. The molecule has 3 nitrogen and oxygen atoms in total. The Kier molecular flexibility index (Phi) is 5.87. The van der Waals surface area contributed by atoms with Crippen LogP contribution in [-0.4, -0.2) is 23.7 Å². The summed E-state index contributed by atoms with van der Waals surface area (Å²) in [6.45, 7) is 3.72. The average molecular weight is 336 g/mol. The van der Waals surface area contributed by atoms with Crippen molar-refractivity contribution in [1.29, 1.82) is 0 Å². The molecule has 0 aliphatic heterocycles. The maximum absolute atomic E-state index is 13.1. The molecule has 0 aliphatic rings. The summed E-state index contributed by atoms with van der Waals surface area (Å²) in [5.41, 5.74) is 0.00102. The smallest absolute Gasteiger partial charge is 0.252 e. The normalized spacial score (nSPS) is 12.6. The fourth-order valence-corrected chi connectivity index (χ4v) is 2.20. The average Bonchev–Trinajstić information content (AvgIpc) is 2.32. The molecule has 0 heterocycles. The van der Waals surface area contributed by atoms with Crippen molar-refractivity contribution < 1.29 is 18.7 Å². The lowest BCUT2D eigenvalue weighted by Crippen LogP contribution is -2.38. The summed E-state index contributed by atoms with van der Waals surface area (Å²) in [6.07, 6.45) is 0.601. The fraction of sp³-hybridized carbons (Fsp3) is 0.462. The Morgan fingerprint density at radius 1 is 1.37 bits per heavy atom. The maximum Gasteiger partial charge on any atom is 0.252 e. The monoisotopic (exact) mass is 335 g/mol. The van der Waals surface area contributed by atoms with Gasteiger partial charge >= 0.3 is 0 Å². The molecule has 1 atom stereocenters. The van der Waals surface area contributed by atoms with Crippen molar-refractivity contribution in [2.75, 3.05) is 6.61 Å². The number of carbonyl (C=O) groups is 1. The van der Waals surface area contributed by atoms with Gasteiger partial charge in [-0.1, -0.05) is 13.8 Å². The molecule has 1 amide bonds. The summed E-state index contributed by atoms with van der Waals surface area (Å²) in [5.74, 6) is -2.36. The van der Waals surface area contributed by atoms with Crippen LogP contribution in [0, 0.1) is 17.6 Å². The lowest BCUT2D eigenvalue weighted by molar-refractivity contribution is 0.0907. The zero-order chi connectivity index (χ0) is 14.6. The van der Waals surface area contributed by atoms with Crippen molar-refractivity contribution in [2.24, 2.45) is 5.92 Å². The van der Waals surface area contributed by atoms with Gasteiger partial charge in [0.1, 0.15) is 0 Å². The van der Waals surface area contributed by atoms with Crippen molar-refractivity contribution in [3.8, 4) is 0 Å². The van der Waals surface area contributed by atoms with Crippen LogP contribution in [0.15, 0.2) is 16.6 Å². The van der Waals surface area contributed by atoms with Gasteiger partial charge in [-0.2, -0.15) is 0 Å². The Bertz CT molecular complexity index is 466. The summed E-state index contributed by atoms with van der Waals surface area (Å²) in [5, 5.41) is 11.8. The second-order valence-electron chi connectivity index (χ2n) is 4.73. The molecule has 19 heavy (non-hydrogen) atoms. The van der Waals surface area contributed by atoms with E-state index in [4.69, 9.17) is 0 Å². The van der Waals surface area contributed by atoms with Crippen LogP contribution < -0.4 is 5.32 Å². The van der Waals surface area contributed by atoms with Gasteiger partial charge in [0.25, 0.3) is 5.91 Å². The maximum atomic E-state index is 13.1. The number of aliphatic hydroxyl groups excluding tert-OH is 1. The zero-order valence-corrected chi connectivity index (χ0v) is 12.3. The predicted octanol–water partition coefficient (Wildman–Crippen LogP) is 2.86. The lowest BCUT2D eigenvalue weighted by atomic mass is 10.0. The minimum atomic E-state index is -1.09. The molecular formula is C13H16BrF2NO2. The van der Waals surface area contributed by atoms with E-state index in [2.05, 4.69) is 21.2 Å². The van der Waals surface area contributed by atoms with E-state index < -0.39 is 23.6 Å². The summed E-state index contributed by atoms with van der Waals surface area (Å²) in [4.78, 5) is 11.9. The molecule has 2 N–H and O–H groups in total. The van der Waals surface area contributed by atoms with Crippen LogP contribution in [0.1, 0.15) is 30.6 Å². The van der Waals surface area contributed by atoms with Crippen LogP contribution in [0.5, 0.6) is 0 Å². The first kappa shape index (κ1) is 16.0. The number of nitrogens with one attached hydrogen (secondary N) is 1. The van der Waals surface area contributed by atoms with Crippen molar-refractivity contribution >= 4 is 21.8 Å². The molecule has 0 radical (unpaired) electrons. The second kappa shape index (κ2) is 6.96. The van der Waals surface area contributed by atoms with Crippen LogP contribution in [-0.2, 0) is 0 Å². The van der Waals surface area contributed by atoms with Gasteiger partial charge in [0.2, 0.25) is 0 Å². The Morgan fingerprint density at radius 3 is 2.47 bits per heavy atom. The third-order valence-corrected chi connectivity index (χ3v) is 3.22. The topological polar surface area (TPSA) is 49.3 Å². The highest BCUT2D eigenvalue weighted by atomic mass is 79.9. The largest absolute Gasteiger partial charge is 0.394 e. The van der Waals surface area contributed by atoms with E-state index in [-0.39, 0.29) is 16.6 Å². The van der Waals surface area contributed by atoms with Crippen molar-refractivity contribution in [2.45, 2.75) is 26.3 Å². The van der Waals surface area contributed by atoms with Gasteiger partial charge in [0.05, 0.1) is 18.2 Å². The molecule has 1 unspecified atom stereocenters. The number of aliphatic hydroxyl groups is 1. The summed E-state index contributed by atoms with van der Waals surface area (Å²) in [7, 11) is 0. The minimum Gasteiger partial charge on any atom is -0.394 e. The number of halogens is 3. The van der Waals surface area contributed by atoms with Crippen LogP contribution in [0.4, 0.5) is 8.78 Å². The fourth-order valence-electron chi connectivity index (χ4n) is 1.71. The van der Waals surface area contributed by atoms with Crippen LogP contribution >= 0.6 is 15.9 Å². The molecule has 106 valence electrons. The number of carbonyl (C=O) groups excluding carboxylic acids is 1. The van der Waals surface area contributed by atoms with Gasteiger partial charge in [0.15, 0.2) is 11.6 Å². The molecule has 0 fully saturated rings. The van der Waals surface area contributed by atoms with Crippen molar-refractivity contribution in [1.82, 2.24) is 5.32 Å². The van der Waals surface area contributed by atoms with E-state index >= 15 is 0 Å². The van der Waals surface area contributed by atoms with Gasteiger partial charge in [-0.3, -0.25) is 4.79 Å². The number of amides is 1. The first-order chi connectivity index (χ1) is 8.85. The van der Waals surface area contributed by atoms with Gasteiger partial charge in [-0.15, -0.1) is 0 Å². The first-order valence-corrected chi connectivity index (χ1v) is 6.70. The highest BCUT2D eigenvalue weighted by Crippen LogP contribution is 2.21. The Labute approximate surface area is 119 Å². The molecule has 1 aromatic rings. The summed E-state index contributed by atoms with van der Waals surface area (Å²) >= 11 is 3.01. The van der Waals surface area contributed by atoms with E-state index in [1.165, 1.54) is 0 Å². The van der Waals surface area contributed by atoms with E-state index in [9.17, 15) is 18.7 Å². The van der Waals surface area contributed by atoms with Gasteiger partial charge < -0.3 is 10.4 Å². The van der Waals surface area contributed by atoms with E-state index in [1.54, 1.807) is 0 Å². The highest BCUT2D eigenvalue weighted by Gasteiger charge is 2.18. The summed E-state index contributed by atoms with van der Waals surface area (Å²) < 4.78 is 26.2. The third-order valence-electron chi connectivity index (χ3n) is 2.57. The van der Waals surface area contributed by atoms with E-state index in [0.29, 0.717) is 12.3 Å². The van der Waals surface area contributed by atoms with Crippen LogP contribution in [0.2, 0.25) is 0 Å². The molecule has 0 aliphatic carbocycles. The highest BCUT2D eigenvalue weighted by molar-refractivity contribution is 9.10. The molecule has 1 aromatic carbocycles. The summed E-state index contributed by atoms with van der Waals surface area (Å²) in [6, 6.07) is 1.33. The quantitative estimate of drug-likeness (QED) is 0.813. The van der Waals surface area contributed by atoms with Crippen LogP contribution in [0.25, 0.3) is 0 Å². The molecule has 0 aromatic heterocycles. The lowest BCUT2D eigenvalue weighted by Gasteiger charge is -2.18. The number of benzene rings is 1. The Hall–Kier alpha value is -1.01. The predicted molar refractivity (Wildman–Crippen MR) is 71.9 cm³/mol. The van der Waals surface area contributed by atoms with Crippen molar-refractivity contribution in [3.05, 3.63) is 33.8 Å². The molecular weight excluding hydrogens is 320 g/mol. The van der Waals surface area contributed by atoms with Gasteiger partial charge in [-0.25, -0.2) is 8.78 Å². The Morgan fingerprint density at radius 2 is 1.95 bits per heavy atom. The second-order valence-corrected chi connectivity index (χ2v) is 5.58. The SMILES string of the molecule is CC(C)CC(CO)NC(=O)c1cc(F)c(F)cc1Br. The number of rotatable bonds is 5. The standard InChI is InChI=1S/C13H16BrF2NO2/c1-7(2)3-8(6-18)17-13(19)9-4-11(15)12(16)5-10(9)14/h4-5,7-8,18H,3,6H2,1-2H3,(H,17,19). The molecule has 6 heteroatoms. The van der Waals surface area contributed by atoms with Gasteiger partial charge in [-0.05, 0) is 40.4 Å². The zero-order valence-electron chi connectivity index (χ0n) is 10.7. The number of hydrogen-bond donors (Lipinski definition) is 2. The van der Waals surface area contributed by atoms with Gasteiger partial charge in [0, 0.05) is 4.47 Å². The third kappa shape index (κ3) is 4.54. The molecule has 0 saturated heterocycles. The Balaban J connectivity index is 2.85. The molecule has 0 spiro atoms. The molecule has 0 bridgehead atoms. The van der Waals surface area contributed by atoms with E-state index in [0.717, 1.165) is 12.1 Å². The van der Waals surface area contributed by atoms with E-state index in [1.807, 2.05) is 13.8 Å². The van der Waals surface area contributed by atoms with Crippen molar-refractivity contribution in [3.63, 3.8) is 0 Å². The first-order valence-electron chi connectivity index (χ1n) is 5.91. The molecule has 0 saturated carbocycles. The minimum absolute atomic E-state index is 0.00102. The molecule has 1 rings (SSSR count).